The summed E-state index contributed by atoms with van der Waals surface area (Å²) in [4.78, 5) is 14.5. The van der Waals surface area contributed by atoms with Crippen LogP contribution in [0.15, 0.2) is 59.5 Å². The number of ether oxygens (including phenoxy) is 1. The molecule has 1 N–H and O–H groups in total. The highest BCUT2D eigenvalue weighted by molar-refractivity contribution is 7.96. The fourth-order valence-corrected chi connectivity index (χ4v) is 5.28. The van der Waals surface area contributed by atoms with Crippen LogP contribution in [0.1, 0.15) is 18.4 Å². The Kier molecular flexibility index (Phi) is 4.75. The first-order valence-electron chi connectivity index (χ1n) is 9.05. The van der Waals surface area contributed by atoms with Crippen molar-refractivity contribution in [1.29, 1.82) is 0 Å². The largest absolute Gasteiger partial charge is 0.593 e. The highest BCUT2D eigenvalue weighted by Gasteiger charge is 2.45. The quantitative estimate of drug-likeness (QED) is 0.802. The molecule has 0 radical (unpaired) electrons. The van der Waals surface area contributed by atoms with Crippen LogP contribution >= 0.6 is 0 Å². The number of rotatable bonds is 2. The molecule has 0 saturated carbocycles. The van der Waals surface area contributed by atoms with Gasteiger partial charge in [0.05, 0.1) is 6.42 Å². The third kappa shape index (κ3) is 3.76. The number of nitrogens with one attached hydrogen (secondary N) is 1. The number of benzene rings is 2. The third-order valence-electron chi connectivity index (χ3n) is 5.26. The molecular weight excluding hydrogens is 364 g/mol. The van der Waals surface area contributed by atoms with Crippen molar-refractivity contribution in [3.63, 3.8) is 0 Å². The van der Waals surface area contributed by atoms with Crippen LogP contribution in [0.25, 0.3) is 0 Å². The zero-order chi connectivity index (χ0) is 18.9. The molecule has 1 unspecified atom stereocenters. The summed E-state index contributed by atoms with van der Waals surface area (Å²) in [5.41, 5.74) is 0.304. The minimum Gasteiger partial charge on any atom is -0.593 e. The average Bonchev–Trinajstić information content (AvgIpc) is 2.78. The number of hydrogen-bond donors (Lipinski definition) is 1. The predicted molar refractivity (Wildman–Crippen MR) is 101 cm³/mol. The standard InChI is InChI=1S/C20H22N2O4S/c23-19(14-16-6-2-1-3-7-16)22-12-10-20(11-13-22)15-26-17-8-4-5-9-18(17)27(24,25)21-20/h1-9H,10-15H2,(H-,21,24,25). The van der Waals surface area contributed by atoms with Crippen molar-refractivity contribution in [2.75, 3.05) is 19.7 Å². The number of likely N-dealkylation sites (tertiary alicyclic amines) is 1. The number of carbonyl (C=O) groups excluding carboxylic acids is 1. The second kappa shape index (κ2) is 7.07. The Bertz CT molecular complexity index is 879. The summed E-state index contributed by atoms with van der Waals surface area (Å²) in [6, 6.07) is 16.3. The first-order chi connectivity index (χ1) is 13.0. The molecule has 2 aromatic carbocycles. The fourth-order valence-electron chi connectivity index (χ4n) is 3.69. The van der Waals surface area contributed by atoms with Gasteiger partial charge in [-0.15, -0.1) is 4.72 Å². The van der Waals surface area contributed by atoms with E-state index < -0.39 is 15.9 Å². The van der Waals surface area contributed by atoms with Crippen molar-refractivity contribution in [2.24, 2.45) is 0 Å². The van der Waals surface area contributed by atoms with E-state index in [1.807, 2.05) is 35.2 Å². The van der Waals surface area contributed by atoms with Gasteiger partial charge in [0.25, 0.3) is 0 Å². The summed E-state index contributed by atoms with van der Waals surface area (Å²) >= 11 is 0. The van der Waals surface area contributed by atoms with E-state index in [0.717, 1.165) is 5.56 Å². The number of sulfonamides is 1. The number of para-hydroxylation sites is 1. The van der Waals surface area contributed by atoms with E-state index in [0.29, 0.717) is 38.1 Å². The maximum Gasteiger partial charge on any atom is 0.226 e. The Morgan fingerprint density at radius 2 is 1.78 bits per heavy atom. The second-order valence-corrected chi connectivity index (χ2v) is 8.82. The maximum absolute atomic E-state index is 12.8. The lowest BCUT2D eigenvalue weighted by molar-refractivity contribution is -0.132. The van der Waals surface area contributed by atoms with Gasteiger partial charge in [0.15, 0.2) is 16.1 Å². The first-order valence-corrected chi connectivity index (χ1v) is 10.5. The Morgan fingerprint density at radius 1 is 1.11 bits per heavy atom. The van der Waals surface area contributed by atoms with Gasteiger partial charge in [-0.3, -0.25) is 4.79 Å². The average molecular weight is 386 g/mol. The summed E-state index contributed by atoms with van der Waals surface area (Å²) in [7, 11) is -3.65. The van der Waals surface area contributed by atoms with E-state index in [4.69, 9.17) is 4.74 Å². The molecule has 4 rings (SSSR count). The fraction of sp³-hybridized carbons (Fsp3) is 0.350. The minimum atomic E-state index is -3.65. The van der Waals surface area contributed by atoms with Gasteiger partial charge in [-0.1, -0.05) is 46.7 Å². The number of hydrogen-bond acceptors (Lipinski definition) is 4. The van der Waals surface area contributed by atoms with Crippen molar-refractivity contribution < 1.29 is 18.3 Å². The smallest absolute Gasteiger partial charge is 0.226 e. The summed E-state index contributed by atoms with van der Waals surface area (Å²) in [5, 5.41) is 0. The summed E-state index contributed by atoms with van der Waals surface area (Å²) in [6.07, 6.45) is 1.42. The van der Waals surface area contributed by atoms with Gasteiger partial charge in [0.2, 0.25) is 10.8 Å². The zero-order valence-electron chi connectivity index (χ0n) is 14.9. The Morgan fingerprint density at radius 3 is 2.52 bits per heavy atom. The van der Waals surface area contributed by atoms with E-state index in [2.05, 4.69) is 4.72 Å². The molecule has 7 heteroatoms. The van der Waals surface area contributed by atoms with E-state index in [-0.39, 0.29) is 17.4 Å². The first kappa shape index (κ1) is 18.2. The maximum atomic E-state index is 12.8. The molecule has 27 heavy (non-hydrogen) atoms. The molecule has 2 aliphatic rings. The predicted octanol–water partition coefficient (Wildman–Crippen LogP) is 2.18. The lowest BCUT2D eigenvalue weighted by atomic mass is 9.89. The summed E-state index contributed by atoms with van der Waals surface area (Å²) < 4.78 is 34.2. The molecule has 2 heterocycles. The van der Waals surface area contributed by atoms with Gasteiger partial charge in [0, 0.05) is 13.1 Å². The Labute approximate surface area is 159 Å². The highest BCUT2D eigenvalue weighted by Crippen LogP contribution is 2.35. The molecule has 1 saturated heterocycles. The Hall–Kier alpha value is -2.22. The third-order valence-corrected chi connectivity index (χ3v) is 6.88. The van der Waals surface area contributed by atoms with Crippen LogP contribution in [-0.4, -0.2) is 40.6 Å². The second-order valence-electron chi connectivity index (χ2n) is 7.16. The van der Waals surface area contributed by atoms with Crippen molar-refractivity contribution in [3.05, 3.63) is 60.2 Å². The molecule has 0 aliphatic carbocycles. The zero-order valence-corrected chi connectivity index (χ0v) is 15.7. The van der Waals surface area contributed by atoms with Crippen molar-refractivity contribution in [2.45, 2.75) is 29.7 Å². The molecule has 1 spiro atoms. The number of nitrogens with zero attached hydrogens (tertiary/aromatic N) is 1. The summed E-state index contributed by atoms with van der Waals surface area (Å²) in [5.74, 6) is 0.446. The van der Waals surface area contributed by atoms with Gasteiger partial charge < -0.3 is 14.2 Å². The molecule has 1 atom stereocenters. The van der Waals surface area contributed by atoms with Crippen molar-refractivity contribution in [1.82, 2.24) is 9.62 Å². The van der Waals surface area contributed by atoms with Crippen LogP contribution in [0.2, 0.25) is 0 Å². The molecule has 142 valence electrons. The number of fused-ring (bicyclic) bond motifs is 1. The van der Waals surface area contributed by atoms with E-state index >= 15 is 0 Å². The molecular formula is C20H22N2O4S. The molecule has 2 aromatic rings. The van der Waals surface area contributed by atoms with E-state index in [9.17, 15) is 13.6 Å². The molecule has 0 aromatic heterocycles. The van der Waals surface area contributed by atoms with E-state index in [1.165, 1.54) is 0 Å². The van der Waals surface area contributed by atoms with Gasteiger partial charge in [0.1, 0.15) is 12.1 Å². The van der Waals surface area contributed by atoms with Gasteiger partial charge in [-0.05, 0) is 30.5 Å². The van der Waals surface area contributed by atoms with Crippen LogP contribution in [0, 0.1) is 0 Å². The molecule has 1 amide bonds. The topological polar surface area (TPSA) is 81.7 Å². The number of piperidine rings is 1. The van der Waals surface area contributed by atoms with Crippen LogP contribution in [0.4, 0.5) is 0 Å². The minimum absolute atomic E-state index is 0.0664. The van der Waals surface area contributed by atoms with Crippen LogP contribution < -0.4 is 9.46 Å². The van der Waals surface area contributed by atoms with Gasteiger partial charge in [-0.2, -0.15) is 0 Å². The van der Waals surface area contributed by atoms with E-state index in [1.54, 1.807) is 24.3 Å². The number of carbonyl (C=O) groups is 1. The monoisotopic (exact) mass is 386 g/mol. The van der Waals surface area contributed by atoms with Gasteiger partial charge >= 0.3 is 0 Å². The van der Waals surface area contributed by atoms with Crippen molar-refractivity contribution in [3.8, 4) is 5.75 Å². The lowest BCUT2D eigenvalue weighted by Crippen LogP contribution is -2.59. The molecule has 0 bridgehead atoms. The lowest BCUT2D eigenvalue weighted by Gasteiger charge is -2.40. The summed E-state index contributed by atoms with van der Waals surface area (Å²) in [6.45, 7) is 1.28. The molecule has 1 fully saturated rings. The number of amides is 1. The Balaban J connectivity index is 1.44. The molecule has 2 aliphatic heterocycles. The normalized spacial score (nSPS) is 24.0. The van der Waals surface area contributed by atoms with Crippen LogP contribution in [-0.2, 0) is 25.8 Å². The van der Waals surface area contributed by atoms with Crippen LogP contribution in [0.5, 0.6) is 5.75 Å². The van der Waals surface area contributed by atoms with Crippen LogP contribution in [0.3, 0.4) is 0 Å². The van der Waals surface area contributed by atoms with Crippen molar-refractivity contribution >= 4 is 16.3 Å². The highest BCUT2D eigenvalue weighted by atomic mass is 32.3. The molecule has 6 nitrogen and oxygen atoms in total. The SMILES string of the molecule is O=C(Cc1ccccc1)N1CCC2(CC1)COc1ccccc1[S+](=O)([O-])N2. The van der Waals surface area contributed by atoms with Gasteiger partial charge in [-0.25, -0.2) is 0 Å².